The van der Waals surface area contributed by atoms with Crippen LogP contribution in [0.2, 0.25) is 0 Å². The van der Waals surface area contributed by atoms with Crippen LogP contribution in [0.1, 0.15) is 107 Å². The van der Waals surface area contributed by atoms with Crippen LogP contribution in [-0.2, 0) is 16.1 Å². The highest BCUT2D eigenvalue weighted by Crippen LogP contribution is 2.42. The van der Waals surface area contributed by atoms with Crippen LogP contribution in [0.5, 0.6) is 5.75 Å². The number of carbonyl (C=O) groups is 3. The number of phenolic OH excluding ortho intramolecular Hbond substituents is 1. The van der Waals surface area contributed by atoms with Crippen LogP contribution in [0.4, 0.5) is 4.39 Å². The van der Waals surface area contributed by atoms with Gasteiger partial charge in [-0.15, -0.1) is 0 Å². The molecular weight excluding hydrogens is 641 g/mol. The van der Waals surface area contributed by atoms with E-state index < -0.39 is 23.9 Å². The van der Waals surface area contributed by atoms with Gasteiger partial charge in [0.1, 0.15) is 17.6 Å². The number of likely N-dealkylation sites (tertiary alicyclic amines) is 1. The minimum atomic E-state index is -0.848. The number of ketones is 1. The van der Waals surface area contributed by atoms with Gasteiger partial charge in [-0.25, -0.2) is 4.39 Å². The van der Waals surface area contributed by atoms with Gasteiger partial charge in [0.2, 0.25) is 12.3 Å². The van der Waals surface area contributed by atoms with Crippen molar-refractivity contribution in [1.29, 1.82) is 0 Å². The number of allylic oxidation sites excluding steroid dienone is 4. The molecule has 1 saturated carbocycles. The summed E-state index contributed by atoms with van der Waals surface area (Å²) < 4.78 is 13.1. The first-order valence-electron chi connectivity index (χ1n) is 18.4. The number of halogens is 1. The zero-order valence-corrected chi connectivity index (χ0v) is 31.1. The Morgan fingerprint density at radius 2 is 1.55 bits per heavy atom. The van der Waals surface area contributed by atoms with Crippen LogP contribution in [0.3, 0.4) is 0 Å². The Balaban J connectivity index is 0.000000411. The van der Waals surface area contributed by atoms with Gasteiger partial charge in [0.25, 0.3) is 0 Å². The molecule has 3 unspecified atom stereocenters. The number of aromatic hydroxyl groups is 1. The molecule has 0 aromatic heterocycles. The monoisotopic (exact) mass is 699 g/mol. The summed E-state index contributed by atoms with van der Waals surface area (Å²) in [4.78, 5) is 39.9. The highest BCUT2D eigenvalue weighted by molar-refractivity contribution is 6.00. The lowest BCUT2D eigenvalue weighted by atomic mass is 9.86. The van der Waals surface area contributed by atoms with Crippen LogP contribution in [0.15, 0.2) is 103 Å². The average Bonchev–Trinajstić information content (AvgIpc) is 3.58. The Hall–Kier alpha value is -4.56. The third kappa shape index (κ3) is 14.3. The van der Waals surface area contributed by atoms with E-state index in [2.05, 4.69) is 48.9 Å². The Morgan fingerprint density at radius 3 is 2.10 bits per heavy atom. The lowest BCUT2D eigenvalue weighted by Crippen LogP contribution is -2.43. The van der Waals surface area contributed by atoms with Gasteiger partial charge in [-0.2, -0.15) is 0 Å². The van der Waals surface area contributed by atoms with E-state index in [1.807, 2.05) is 26.8 Å². The zero-order chi connectivity index (χ0) is 37.4. The van der Waals surface area contributed by atoms with Crippen molar-refractivity contribution < 1.29 is 23.9 Å². The SMILES string of the molecule is C/C=C\C/C=C\CC.CC.CNC1CCCCC1.O=CN1C(C(=O)NCc2ccc(F)cc2)CC(C(=O)c2ccccc2)C1c1ccc(O)cc1. The summed E-state index contributed by atoms with van der Waals surface area (Å²) in [5, 5.41) is 15.8. The third-order valence-corrected chi connectivity index (χ3v) is 8.90. The van der Waals surface area contributed by atoms with Crippen molar-refractivity contribution in [3.8, 4) is 5.75 Å². The Kier molecular flexibility index (Phi) is 20.5. The highest BCUT2D eigenvalue weighted by atomic mass is 19.1. The number of amides is 2. The van der Waals surface area contributed by atoms with Crippen molar-refractivity contribution in [3.05, 3.63) is 126 Å². The van der Waals surface area contributed by atoms with Crippen molar-refractivity contribution in [2.45, 2.75) is 104 Å². The van der Waals surface area contributed by atoms with Crippen molar-refractivity contribution in [1.82, 2.24) is 15.5 Å². The molecule has 5 rings (SSSR count). The zero-order valence-electron chi connectivity index (χ0n) is 31.1. The molecule has 8 heteroatoms. The fraction of sp³-hybridized carbons (Fsp3) is 0.419. The maximum atomic E-state index is 13.4. The first-order chi connectivity index (χ1) is 24.8. The second-order valence-electron chi connectivity index (χ2n) is 12.3. The molecule has 3 aromatic rings. The number of benzene rings is 3. The van der Waals surface area contributed by atoms with E-state index in [0.29, 0.717) is 23.1 Å². The Labute approximate surface area is 305 Å². The van der Waals surface area contributed by atoms with Crippen LogP contribution in [0.25, 0.3) is 0 Å². The minimum Gasteiger partial charge on any atom is -0.508 e. The number of phenols is 1. The maximum Gasteiger partial charge on any atom is 0.243 e. The molecule has 1 saturated heterocycles. The first kappa shape index (κ1) is 42.6. The number of rotatable bonds is 11. The molecule has 7 nitrogen and oxygen atoms in total. The molecule has 3 N–H and O–H groups in total. The molecule has 1 aliphatic carbocycles. The van der Waals surface area contributed by atoms with E-state index in [1.165, 1.54) is 61.3 Å². The van der Waals surface area contributed by atoms with Crippen LogP contribution < -0.4 is 10.6 Å². The van der Waals surface area contributed by atoms with Gasteiger partial charge in [-0.1, -0.05) is 119 Å². The lowest BCUT2D eigenvalue weighted by Gasteiger charge is -2.27. The van der Waals surface area contributed by atoms with Gasteiger partial charge in [-0.3, -0.25) is 14.4 Å². The third-order valence-electron chi connectivity index (χ3n) is 8.90. The summed E-state index contributed by atoms with van der Waals surface area (Å²) in [7, 11) is 2.07. The molecule has 51 heavy (non-hydrogen) atoms. The summed E-state index contributed by atoms with van der Waals surface area (Å²) in [6.07, 6.45) is 18.7. The molecule has 1 aliphatic heterocycles. The van der Waals surface area contributed by atoms with Gasteiger partial charge in [0.05, 0.1) is 6.04 Å². The summed E-state index contributed by atoms with van der Waals surface area (Å²) >= 11 is 0. The van der Waals surface area contributed by atoms with E-state index in [1.54, 1.807) is 48.5 Å². The second kappa shape index (κ2) is 24.6. The van der Waals surface area contributed by atoms with Crippen LogP contribution >= 0.6 is 0 Å². The summed E-state index contributed by atoms with van der Waals surface area (Å²) in [6.45, 7) is 8.36. The smallest absolute Gasteiger partial charge is 0.243 e. The van der Waals surface area contributed by atoms with Crippen molar-refractivity contribution in [2.75, 3.05) is 7.05 Å². The fourth-order valence-corrected chi connectivity index (χ4v) is 6.20. The van der Waals surface area contributed by atoms with Gasteiger partial charge in [0.15, 0.2) is 5.78 Å². The topological polar surface area (TPSA) is 98.7 Å². The van der Waals surface area contributed by atoms with Crippen molar-refractivity contribution >= 4 is 18.1 Å². The minimum absolute atomic E-state index is 0.0638. The predicted octanol–water partition coefficient (Wildman–Crippen LogP) is 9.10. The molecule has 3 aromatic carbocycles. The van der Waals surface area contributed by atoms with Gasteiger partial charge >= 0.3 is 0 Å². The van der Waals surface area contributed by atoms with Crippen LogP contribution in [0, 0.1) is 11.7 Å². The Morgan fingerprint density at radius 1 is 0.902 bits per heavy atom. The van der Waals surface area contributed by atoms with Crippen molar-refractivity contribution in [3.63, 3.8) is 0 Å². The molecule has 0 spiro atoms. The number of nitrogens with zero attached hydrogens (tertiary/aromatic N) is 1. The predicted molar refractivity (Wildman–Crippen MR) is 206 cm³/mol. The van der Waals surface area contributed by atoms with E-state index in [0.717, 1.165) is 18.9 Å². The summed E-state index contributed by atoms with van der Waals surface area (Å²) in [5.41, 5.74) is 1.87. The summed E-state index contributed by atoms with van der Waals surface area (Å²) in [6, 6.07) is 20.2. The first-order valence-corrected chi connectivity index (χ1v) is 18.4. The van der Waals surface area contributed by atoms with E-state index in [-0.39, 0.29) is 30.3 Å². The molecule has 0 radical (unpaired) electrons. The quantitative estimate of drug-likeness (QED) is 0.105. The largest absolute Gasteiger partial charge is 0.508 e. The normalized spacial score (nSPS) is 18.5. The molecule has 1 heterocycles. The number of hydrogen-bond donors (Lipinski definition) is 3. The van der Waals surface area contributed by atoms with Gasteiger partial charge < -0.3 is 20.6 Å². The van der Waals surface area contributed by atoms with E-state index >= 15 is 0 Å². The summed E-state index contributed by atoms with van der Waals surface area (Å²) in [5.74, 6) is -1.49. The van der Waals surface area contributed by atoms with Crippen molar-refractivity contribution in [2.24, 2.45) is 5.92 Å². The Bertz CT molecular complexity index is 1470. The molecule has 2 fully saturated rings. The molecule has 0 bridgehead atoms. The molecule has 3 atom stereocenters. The molecule has 2 amide bonds. The second-order valence-corrected chi connectivity index (χ2v) is 12.3. The number of nitrogens with one attached hydrogen (secondary N) is 2. The van der Waals surface area contributed by atoms with Gasteiger partial charge in [-0.05, 0) is 81.5 Å². The average molecular weight is 700 g/mol. The number of hydrogen-bond acceptors (Lipinski definition) is 5. The molecular formula is C43H58FN3O4. The number of carbonyl (C=O) groups excluding carboxylic acids is 3. The van der Waals surface area contributed by atoms with Crippen LogP contribution in [-0.4, -0.2) is 47.2 Å². The standard InChI is InChI=1S/C26H23FN2O4.C8H14.C7H15N.C2H6/c27-20-10-6-17(7-11-20)15-28-26(33)23-14-22(25(32)19-4-2-1-3-5-19)24(29(23)16-30)18-8-12-21(31)13-9-18;1-3-5-7-8-6-4-2;1-8-7-5-3-2-4-6-7;1-2/h1-13,16,22-24,31H,14-15H2,(H,28,33);3,5-6,8H,4,7H2,1-2H3;7-8H,2-6H2,1H3;1-2H3/b;5-3-,8-6-;;. The molecule has 276 valence electrons. The fourth-order valence-electron chi connectivity index (χ4n) is 6.20. The lowest BCUT2D eigenvalue weighted by molar-refractivity contribution is -0.132. The van der Waals surface area contributed by atoms with E-state index in [4.69, 9.17) is 0 Å². The number of Topliss-reactive ketones (excluding diaryl/α,β-unsaturated/α-hetero) is 1. The van der Waals surface area contributed by atoms with Gasteiger partial charge in [0, 0.05) is 24.1 Å². The van der Waals surface area contributed by atoms with E-state index in [9.17, 15) is 23.9 Å². The highest BCUT2D eigenvalue weighted by Gasteiger charge is 2.47. The molecule has 2 aliphatic rings. The maximum absolute atomic E-state index is 13.4.